The topological polar surface area (TPSA) is 119 Å². The number of nitrogens with zero attached hydrogens (tertiary/aromatic N) is 4. The van der Waals surface area contributed by atoms with E-state index in [1.165, 1.54) is 12.8 Å². The Bertz CT molecular complexity index is 1250. The van der Waals surface area contributed by atoms with Gasteiger partial charge in [0.15, 0.2) is 5.82 Å². The maximum atomic E-state index is 6.62. The molecule has 9 heteroatoms. The lowest BCUT2D eigenvalue weighted by Gasteiger charge is -2.11. The van der Waals surface area contributed by atoms with Gasteiger partial charge in [0, 0.05) is 17.3 Å². The van der Waals surface area contributed by atoms with Gasteiger partial charge in [-0.3, -0.25) is 15.0 Å². The van der Waals surface area contributed by atoms with E-state index in [4.69, 9.17) is 10.5 Å². The summed E-state index contributed by atoms with van der Waals surface area (Å²) in [6.07, 6.45) is 2.47. The highest BCUT2D eigenvalue weighted by atomic mass is 16.5. The van der Waals surface area contributed by atoms with Gasteiger partial charge in [0.2, 0.25) is 0 Å². The number of nitrogens with one attached hydrogen (secondary N) is 3. The van der Waals surface area contributed by atoms with E-state index in [1.54, 1.807) is 0 Å². The van der Waals surface area contributed by atoms with Crippen LogP contribution in [-0.2, 0) is 6.54 Å². The van der Waals surface area contributed by atoms with Crippen molar-refractivity contribution in [3.8, 4) is 11.4 Å². The lowest BCUT2D eigenvalue weighted by molar-refractivity contribution is 0.296. The zero-order valence-corrected chi connectivity index (χ0v) is 20.6. The highest BCUT2D eigenvalue weighted by molar-refractivity contribution is 6.03. The van der Waals surface area contributed by atoms with Crippen LogP contribution in [-0.4, -0.2) is 38.7 Å². The molecule has 0 unspecified atom stereocenters. The van der Waals surface area contributed by atoms with Crippen molar-refractivity contribution in [3.05, 3.63) is 53.1 Å². The van der Waals surface area contributed by atoms with Crippen molar-refractivity contribution in [3.63, 3.8) is 0 Å². The van der Waals surface area contributed by atoms with Crippen LogP contribution in [0.25, 0.3) is 16.5 Å². The van der Waals surface area contributed by atoms with Gasteiger partial charge in [-0.2, -0.15) is 10.2 Å². The zero-order valence-electron chi connectivity index (χ0n) is 20.6. The standard InChI is InChI=1S/C23H28N8O.C2H6/c1-13-20-21(23(30-27-13)26-11-16-10-19(29-28-16)15-4-5-15)14(2)31(22(20)24)17-6-8-18(9-7-17)32-12-25-3;1-2/h6-10,15,25H,4-5,11-12,24H2,1-3H3,(H,26,30)(H,28,29);1-2H3. The first kappa shape index (κ1) is 23.6. The Hall–Kier alpha value is -3.59. The van der Waals surface area contributed by atoms with Crippen LogP contribution < -0.4 is 21.1 Å². The number of fused-ring (bicyclic) bond motifs is 1. The van der Waals surface area contributed by atoms with Crippen LogP contribution in [0.15, 0.2) is 30.3 Å². The van der Waals surface area contributed by atoms with E-state index in [2.05, 4.69) is 44.0 Å². The number of aromatic nitrogens is 5. The molecule has 5 rings (SSSR count). The number of anilines is 2. The summed E-state index contributed by atoms with van der Waals surface area (Å²) in [4.78, 5) is 0. The van der Waals surface area contributed by atoms with Gasteiger partial charge in [0.1, 0.15) is 18.3 Å². The van der Waals surface area contributed by atoms with Crippen molar-refractivity contribution in [2.45, 2.75) is 53.0 Å². The lowest BCUT2D eigenvalue weighted by Crippen LogP contribution is -2.14. The van der Waals surface area contributed by atoms with Crippen LogP contribution in [0.5, 0.6) is 5.75 Å². The van der Waals surface area contributed by atoms with Gasteiger partial charge < -0.3 is 15.8 Å². The van der Waals surface area contributed by atoms with Gasteiger partial charge in [-0.25, -0.2) is 0 Å². The minimum absolute atomic E-state index is 0.456. The first-order valence-corrected chi connectivity index (χ1v) is 11.9. The van der Waals surface area contributed by atoms with Crippen LogP contribution in [0.1, 0.15) is 55.4 Å². The Balaban J connectivity index is 0.00000133. The van der Waals surface area contributed by atoms with Crippen molar-refractivity contribution in [2.24, 2.45) is 0 Å². The number of aryl methyl sites for hydroxylation is 2. The molecule has 0 spiro atoms. The van der Waals surface area contributed by atoms with Crippen LogP contribution in [0, 0.1) is 13.8 Å². The molecular weight excluding hydrogens is 428 g/mol. The average molecular weight is 463 g/mol. The maximum absolute atomic E-state index is 6.62. The van der Waals surface area contributed by atoms with Crippen molar-refractivity contribution >= 4 is 22.4 Å². The van der Waals surface area contributed by atoms with E-state index < -0.39 is 0 Å². The van der Waals surface area contributed by atoms with Crippen molar-refractivity contribution in [1.82, 2.24) is 30.3 Å². The summed E-state index contributed by atoms with van der Waals surface area (Å²) in [6.45, 7) is 9.04. The molecule has 0 amide bonds. The molecule has 5 N–H and O–H groups in total. The average Bonchev–Trinajstić information content (AvgIpc) is 3.54. The van der Waals surface area contributed by atoms with Crippen molar-refractivity contribution < 1.29 is 4.74 Å². The molecule has 4 aromatic rings. The number of hydrogen-bond donors (Lipinski definition) is 4. The Morgan fingerprint density at radius 2 is 1.85 bits per heavy atom. The minimum Gasteiger partial charge on any atom is -0.478 e. The summed E-state index contributed by atoms with van der Waals surface area (Å²) in [6, 6.07) is 10.0. The van der Waals surface area contributed by atoms with E-state index >= 15 is 0 Å². The summed E-state index contributed by atoms with van der Waals surface area (Å²) in [5, 5.41) is 24.7. The highest BCUT2D eigenvalue weighted by Gasteiger charge is 2.26. The number of rotatable bonds is 8. The molecule has 1 aliphatic carbocycles. The number of nitrogens with two attached hydrogens (primary N) is 1. The molecule has 1 saturated carbocycles. The summed E-state index contributed by atoms with van der Waals surface area (Å²) in [5.41, 5.74) is 11.6. The molecule has 0 aliphatic heterocycles. The SMILES string of the molecule is CC.CNCOc1ccc(-n2c(C)c3c(NCc4cc(C5CC5)n[nH]4)nnc(C)c3c2N)cc1. The molecule has 9 nitrogen and oxygen atoms in total. The van der Waals surface area contributed by atoms with Crippen LogP contribution in [0.2, 0.25) is 0 Å². The second-order valence-corrected chi connectivity index (χ2v) is 8.27. The number of ether oxygens (including phenoxy) is 1. The normalized spacial score (nSPS) is 13.0. The third-order valence-electron chi connectivity index (χ3n) is 5.91. The third-order valence-corrected chi connectivity index (χ3v) is 5.91. The van der Waals surface area contributed by atoms with E-state index in [0.29, 0.717) is 30.8 Å². The van der Waals surface area contributed by atoms with Gasteiger partial charge in [-0.1, -0.05) is 13.8 Å². The maximum Gasteiger partial charge on any atom is 0.158 e. The second kappa shape index (κ2) is 10.1. The predicted octanol–water partition coefficient (Wildman–Crippen LogP) is 4.41. The number of H-pyrrole nitrogens is 1. The van der Waals surface area contributed by atoms with E-state index in [0.717, 1.165) is 45.0 Å². The fourth-order valence-electron chi connectivity index (χ4n) is 4.13. The molecule has 3 heterocycles. The molecule has 1 aliphatic rings. The molecule has 0 radical (unpaired) electrons. The Morgan fingerprint density at radius 1 is 1.12 bits per heavy atom. The molecule has 3 aromatic heterocycles. The Morgan fingerprint density at radius 3 is 2.53 bits per heavy atom. The molecule has 1 aromatic carbocycles. The third kappa shape index (κ3) is 4.56. The zero-order chi connectivity index (χ0) is 24.2. The fourth-order valence-corrected chi connectivity index (χ4v) is 4.13. The predicted molar refractivity (Wildman–Crippen MR) is 137 cm³/mol. The van der Waals surface area contributed by atoms with E-state index in [-0.39, 0.29) is 0 Å². The van der Waals surface area contributed by atoms with E-state index in [1.807, 2.05) is 56.7 Å². The van der Waals surface area contributed by atoms with Crippen LogP contribution >= 0.6 is 0 Å². The lowest BCUT2D eigenvalue weighted by atomic mass is 10.2. The summed E-state index contributed by atoms with van der Waals surface area (Å²) < 4.78 is 7.65. The van der Waals surface area contributed by atoms with Crippen LogP contribution in [0.3, 0.4) is 0 Å². The minimum atomic E-state index is 0.456. The largest absolute Gasteiger partial charge is 0.478 e. The molecule has 0 atom stereocenters. The number of benzene rings is 1. The molecule has 1 fully saturated rings. The summed E-state index contributed by atoms with van der Waals surface area (Å²) >= 11 is 0. The second-order valence-electron chi connectivity index (χ2n) is 8.27. The number of hydrogen-bond acceptors (Lipinski definition) is 7. The molecule has 180 valence electrons. The fraction of sp³-hybridized carbons (Fsp3) is 0.400. The van der Waals surface area contributed by atoms with Crippen molar-refractivity contribution in [2.75, 3.05) is 24.8 Å². The molecule has 34 heavy (non-hydrogen) atoms. The Kier molecular flexibility index (Phi) is 7.02. The summed E-state index contributed by atoms with van der Waals surface area (Å²) in [7, 11) is 1.85. The van der Waals surface area contributed by atoms with Gasteiger partial charge in [0.25, 0.3) is 0 Å². The van der Waals surface area contributed by atoms with E-state index in [9.17, 15) is 0 Å². The first-order chi connectivity index (χ1) is 16.6. The van der Waals surface area contributed by atoms with Gasteiger partial charge >= 0.3 is 0 Å². The quantitative estimate of drug-likeness (QED) is 0.286. The highest BCUT2D eigenvalue weighted by Crippen LogP contribution is 2.39. The number of aromatic amines is 1. The first-order valence-electron chi connectivity index (χ1n) is 11.9. The molecular formula is C25H34N8O. The van der Waals surface area contributed by atoms with Gasteiger partial charge in [-0.15, -0.1) is 5.10 Å². The smallest absolute Gasteiger partial charge is 0.158 e. The van der Waals surface area contributed by atoms with Gasteiger partial charge in [0.05, 0.1) is 34.4 Å². The Labute approximate surface area is 200 Å². The monoisotopic (exact) mass is 462 g/mol. The molecule has 0 bridgehead atoms. The number of nitrogen functional groups attached to an aromatic ring is 1. The van der Waals surface area contributed by atoms with Crippen LogP contribution in [0.4, 0.5) is 11.6 Å². The van der Waals surface area contributed by atoms with Crippen molar-refractivity contribution in [1.29, 1.82) is 0 Å². The summed E-state index contributed by atoms with van der Waals surface area (Å²) in [5.74, 6) is 2.78. The van der Waals surface area contributed by atoms with Gasteiger partial charge in [-0.05, 0) is 64.1 Å². The molecule has 0 saturated heterocycles.